The third-order valence-corrected chi connectivity index (χ3v) is 4.59. The highest BCUT2D eigenvalue weighted by Crippen LogP contribution is 2.34. The van der Waals surface area contributed by atoms with Gasteiger partial charge in [0.1, 0.15) is 6.67 Å². The summed E-state index contributed by atoms with van der Waals surface area (Å²) >= 11 is 1.53. The lowest BCUT2D eigenvalue weighted by atomic mass is 10.8. The number of thioether (sulfide) groups is 1. The molecule has 0 aliphatic carbocycles. The first-order valence-electron chi connectivity index (χ1n) is 4.03. The Kier molecular flexibility index (Phi) is 2.24. The molecule has 0 aromatic rings. The van der Waals surface area contributed by atoms with Crippen LogP contribution in [-0.2, 0) is 10.2 Å². The summed E-state index contributed by atoms with van der Waals surface area (Å²) in [4.78, 5) is 1.89. The quantitative estimate of drug-likeness (QED) is 0.692. The SMILES string of the molecule is CN(C)S(=O)(=O)N1C=C2SC=CN2C1. The Morgan fingerprint density at radius 1 is 1.50 bits per heavy atom. The molecular weight excluding hydrogens is 222 g/mol. The lowest BCUT2D eigenvalue weighted by Gasteiger charge is -2.21. The Labute approximate surface area is 87.8 Å². The van der Waals surface area contributed by atoms with Gasteiger partial charge in [0.25, 0.3) is 0 Å². The summed E-state index contributed by atoms with van der Waals surface area (Å²) in [5.41, 5.74) is 0. The third kappa shape index (κ3) is 1.41. The molecule has 2 aliphatic heterocycles. The van der Waals surface area contributed by atoms with Crippen molar-refractivity contribution >= 4 is 22.0 Å². The van der Waals surface area contributed by atoms with Gasteiger partial charge in [-0.3, -0.25) is 0 Å². The van der Waals surface area contributed by atoms with E-state index in [2.05, 4.69) is 0 Å². The van der Waals surface area contributed by atoms with E-state index in [1.54, 1.807) is 6.20 Å². The molecule has 0 bridgehead atoms. The van der Waals surface area contributed by atoms with E-state index < -0.39 is 10.2 Å². The van der Waals surface area contributed by atoms with Gasteiger partial charge in [0.05, 0.1) is 5.03 Å². The number of hydrogen-bond donors (Lipinski definition) is 0. The van der Waals surface area contributed by atoms with E-state index >= 15 is 0 Å². The maximum Gasteiger partial charge on any atom is 0.304 e. The van der Waals surface area contributed by atoms with Crippen LogP contribution in [0.25, 0.3) is 0 Å². The number of hydrogen-bond acceptors (Lipinski definition) is 4. The molecular formula is C7H11N3O2S2. The molecule has 0 N–H and O–H groups in total. The van der Waals surface area contributed by atoms with E-state index in [0.717, 1.165) is 5.03 Å². The molecule has 7 heteroatoms. The first kappa shape index (κ1) is 9.88. The lowest BCUT2D eigenvalue weighted by molar-refractivity contribution is 0.385. The zero-order chi connectivity index (χ0) is 10.3. The van der Waals surface area contributed by atoms with Crippen molar-refractivity contribution in [1.29, 1.82) is 0 Å². The Bertz CT molecular complexity index is 399. The summed E-state index contributed by atoms with van der Waals surface area (Å²) < 4.78 is 26.0. The van der Waals surface area contributed by atoms with Gasteiger partial charge in [0.2, 0.25) is 0 Å². The highest BCUT2D eigenvalue weighted by atomic mass is 32.2. The standard InChI is InChI=1S/C7H11N3O2S2/c1-8(2)14(11,12)10-5-7-9(6-10)3-4-13-7/h3-5H,6H2,1-2H3. The summed E-state index contributed by atoms with van der Waals surface area (Å²) in [6.45, 7) is 0.374. The van der Waals surface area contributed by atoms with Crippen LogP contribution in [0.5, 0.6) is 0 Å². The molecule has 5 nitrogen and oxygen atoms in total. The van der Waals surface area contributed by atoms with Crippen LogP contribution < -0.4 is 0 Å². The predicted molar refractivity (Wildman–Crippen MR) is 56.0 cm³/mol. The van der Waals surface area contributed by atoms with E-state index in [-0.39, 0.29) is 0 Å². The van der Waals surface area contributed by atoms with Crippen LogP contribution in [0, 0.1) is 0 Å². The summed E-state index contributed by atoms with van der Waals surface area (Å²) in [6, 6.07) is 0. The van der Waals surface area contributed by atoms with Crippen LogP contribution in [0.15, 0.2) is 22.8 Å². The highest BCUT2D eigenvalue weighted by Gasteiger charge is 2.31. The Hall–Kier alpha value is -0.660. The van der Waals surface area contributed by atoms with Crippen LogP contribution in [0.3, 0.4) is 0 Å². The first-order chi connectivity index (χ1) is 6.51. The summed E-state index contributed by atoms with van der Waals surface area (Å²) in [5, 5.41) is 2.89. The molecule has 78 valence electrons. The van der Waals surface area contributed by atoms with Gasteiger partial charge in [0.15, 0.2) is 0 Å². The van der Waals surface area contributed by atoms with Crippen LogP contribution in [0.1, 0.15) is 0 Å². The monoisotopic (exact) mass is 233 g/mol. The number of fused-ring (bicyclic) bond motifs is 1. The molecule has 2 rings (SSSR count). The van der Waals surface area contributed by atoms with Gasteiger partial charge >= 0.3 is 10.2 Å². The Morgan fingerprint density at radius 2 is 2.21 bits per heavy atom. The van der Waals surface area contributed by atoms with Gasteiger partial charge in [-0.05, 0) is 5.41 Å². The van der Waals surface area contributed by atoms with Gasteiger partial charge in [0, 0.05) is 26.5 Å². The molecule has 0 atom stereocenters. The van der Waals surface area contributed by atoms with Crippen LogP contribution in [0.4, 0.5) is 0 Å². The Morgan fingerprint density at radius 3 is 2.79 bits per heavy atom. The molecule has 0 amide bonds. The minimum atomic E-state index is -3.32. The molecule has 2 aliphatic rings. The summed E-state index contributed by atoms with van der Waals surface area (Å²) in [5.74, 6) is 0. The van der Waals surface area contributed by atoms with Gasteiger partial charge in [-0.15, -0.1) is 0 Å². The molecule has 0 saturated carbocycles. The highest BCUT2D eigenvalue weighted by molar-refractivity contribution is 8.06. The van der Waals surface area contributed by atoms with Crippen molar-refractivity contribution in [3.8, 4) is 0 Å². The second-order valence-corrected chi connectivity index (χ2v) is 6.18. The average Bonchev–Trinajstić information content (AvgIpc) is 2.60. The average molecular weight is 233 g/mol. The normalized spacial score (nSPS) is 20.6. The van der Waals surface area contributed by atoms with Crippen LogP contribution in [-0.4, -0.2) is 42.7 Å². The Balaban J connectivity index is 2.22. The minimum Gasteiger partial charge on any atom is -0.321 e. The molecule has 0 fully saturated rings. The second-order valence-electron chi connectivity index (χ2n) is 3.16. The fourth-order valence-electron chi connectivity index (χ4n) is 1.20. The summed E-state index contributed by atoms with van der Waals surface area (Å²) in [6.07, 6.45) is 3.53. The van der Waals surface area contributed by atoms with Gasteiger partial charge < -0.3 is 4.90 Å². The summed E-state index contributed by atoms with van der Waals surface area (Å²) in [7, 11) is -0.261. The van der Waals surface area contributed by atoms with Crippen LogP contribution in [0.2, 0.25) is 0 Å². The van der Waals surface area contributed by atoms with Gasteiger partial charge in [-0.2, -0.15) is 12.7 Å². The van der Waals surface area contributed by atoms with Crippen molar-refractivity contribution in [2.75, 3.05) is 20.8 Å². The van der Waals surface area contributed by atoms with Crippen molar-refractivity contribution in [3.05, 3.63) is 22.8 Å². The molecule has 0 spiro atoms. The van der Waals surface area contributed by atoms with Crippen molar-refractivity contribution in [1.82, 2.24) is 13.5 Å². The largest absolute Gasteiger partial charge is 0.321 e. The maximum absolute atomic E-state index is 11.7. The smallest absolute Gasteiger partial charge is 0.304 e. The topological polar surface area (TPSA) is 43.9 Å². The second kappa shape index (κ2) is 3.18. The molecule has 2 heterocycles. The number of rotatable bonds is 2. The zero-order valence-electron chi connectivity index (χ0n) is 7.91. The van der Waals surface area contributed by atoms with Gasteiger partial charge in [-0.25, -0.2) is 4.31 Å². The fraction of sp³-hybridized carbons (Fsp3) is 0.429. The van der Waals surface area contributed by atoms with E-state index in [9.17, 15) is 8.42 Å². The molecule has 0 saturated heterocycles. The van der Waals surface area contributed by atoms with Crippen molar-refractivity contribution in [2.45, 2.75) is 0 Å². The zero-order valence-corrected chi connectivity index (χ0v) is 9.55. The number of nitrogens with zero attached hydrogens (tertiary/aromatic N) is 3. The molecule has 0 radical (unpaired) electrons. The fourth-order valence-corrected chi connectivity index (χ4v) is 2.98. The van der Waals surface area contributed by atoms with E-state index in [0.29, 0.717) is 6.67 Å². The van der Waals surface area contributed by atoms with E-state index in [1.807, 2.05) is 16.5 Å². The van der Waals surface area contributed by atoms with E-state index in [1.165, 1.54) is 34.5 Å². The molecule has 14 heavy (non-hydrogen) atoms. The molecule has 0 aromatic carbocycles. The third-order valence-electron chi connectivity index (χ3n) is 2.02. The van der Waals surface area contributed by atoms with Crippen molar-refractivity contribution in [3.63, 3.8) is 0 Å². The van der Waals surface area contributed by atoms with Gasteiger partial charge in [-0.1, -0.05) is 11.8 Å². The molecule has 0 aromatic heterocycles. The molecule has 0 unspecified atom stereocenters. The predicted octanol–water partition coefficient (Wildman–Crippen LogP) is 0.385. The maximum atomic E-state index is 11.7. The lowest BCUT2D eigenvalue weighted by Crippen LogP contribution is -2.37. The van der Waals surface area contributed by atoms with Crippen molar-refractivity contribution in [2.24, 2.45) is 0 Å². The minimum absolute atomic E-state index is 0.374. The van der Waals surface area contributed by atoms with Crippen molar-refractivity contribution < 1.29 is 8.42 Å². The van der Waals surface area contributed by atoms with Crippen LogP contribution >= 0.6 is 11.8 Å². The van der Waals surface area contributed by atoms with E-state index in [4.69, 9.17) is 0 Å². The first-order valence-corrected chi connectivity index (χ1v) is 6.30.